The van der Waals surface area contributed by atoms with Gasteiger partial charge >= 0.3 is 0 Å². The van der Waals surface area contributed by atoms with Gasteiger partial charge in [0, 0.05) is 18.2 Å². The summed E-state index contributed by atoms with van der Waals surface area (Å²) in [7, 11) is 0. The fourth-order valence-corrected chi connectivity index (χ4v) is 2.00. The Morgan fingerprint density at radius 3 is 2.85 bits per heavy atom. The van der Waals surface area contributed by atoms with Crippen molar-refractivity contribution in [2.75, 3.05) is 0 Å². The molecule has 0 radical (unpaired) electrons. The predicted molar refractivity (Wildman–Crippen MR) is 81.2 cm³/mol. The Labute approximate surface area is 124 Å². The molecule has 0 unspecified atom stereocenters. The van der Waals surface area contributed by atoms with Gasteiger partial charge in [0.2, 0.25) is 0 Å². The van der Waals surface area contributed by atoms with Crippen LogP contribution in [-0.4, -0.2) is 6.04 Å². The van der Waals surface area contributed by atoms with Crippen molar-refractivity contribution in [1.29, 1.82) is 0 Å². The van der Waals surface area contributed by atoms with E-state index in [0.29, 0.717) is 23.4 Å². The quantitative estimate of drug-likeness (QED) is 0.861. The molecular weight excluding hydrogens is 274 g/mol. The first-order chi connectivity index (χ1) is 9.56. The van der Waals surface area contributed by atoms with Crippen molar-refractivity contribution in [2.24, 2.45) is 0 Å². The van der Waals surface area contributed by atoms with E-state index in [1.807, 2.05) is 31.2 Å². The first-order valence-electron chi connectivity index (χ1n) is 6.74. The predicted octanol–water partition coefficient (Wildman–Crippen LogP) is 4.32. The fraction of sp³-hybridized carbons (Fsp3) is 0.375. The zero-order valence-electron chi connectivity index (χ0n) is 12.1. The molecular formula is C16H20ClNO2. The van der Waals surface area contributed by atoms with Crippen molar-refractivity contribution >= 4 is 11.6 Å². The van der Waals surface area contributed by atoms with Gasteiger partial charge in [0.1, 0.15) is 18.1 Å². The molecule has 1 aromatic carbocycles. The van der Waals surface area contributed by atoms with Crippen LogP contribution in [-0.2, 0) is 13.2 Å². The Kier molecular flexibility index (Phi) is 5.10. The number of halogens is 1. The highest BCUT2D eigenvalue weighted by atomic mass is 35.5. The Hall–Kier alpha value is -1.45. The van der Waals surface area contributed by atoms with Crippen LogP contribution in [0.2, 0.25) is 5.02 Å². The second-order valence-corrected chi connectivity index (χ2v) is 5.53. The van der Waals surface area contributed by atoms with E-state index in [4.69, 9.17) is 20.8 Å². The lowest BCUT2D eigenvalue weighted by molar-refractivity contribution is 0.268. The summed E-state index contributed by atoms with van der Waals surface area (Å²) in [4.78, 5) is 0. The van der Waals surface area contributed by atoms with Crippen LogP contribution in [0, 0.1) is 6.92 Å². The van der Waals surface area contributed by atoms with Crippen LogP contribution in [0.1, 0.15) is 30.7 Å². The molecule has 0 aliphatic carbocycles. The molecule has 2 aromatic rings. The molecule has 0 aliphatic rings. The Bertz CT molecular complexity index is 563. The van der Waals surface area contributed by atoms with Gasteiger partial charge in [-0.15, -0.1) is 0 Å². The van der Waals surface area contributed by atoms with Gasteiger partial charge in [-0.1, -0.05) is 31.5 Å². The number of nitrogens with one attached hydrogen (secondary N) is 1. The van der Waals surface area contributed by atoms with E-state index in [-0.39, 0.29) is 0 Å². The molecule has 108 valence electrons. The van der Waals surface area contributed by atoms with Crippen molar-refractivity contribution in [2.45, 2.75) is 40.0 Å². The summed E-state index contributed by atoms with van der Waals surface area (Å²) in [6, 6.07) is 8.13. The van der Waals surface area contributed by atoms with Crippen LogP contribution in [0.25, 0.3) is 0 Å². The summed E-state index contributed by atoms with van der Waals surface area (Å²) in [6.07, 6.45) is 1.69. The topological polar surface area (TPSA) is 34.4 Å². The standard InChI is InChI=1S/C16H20ClNO2/c1-11(2)18-9-13-6-7-19-16(13)10-20-15-8-12(3)4-5-14(15)17/h4-8,11,18H,9-10H2,1-3H3. The molecule has 20 heavy (non-hydrogen) atoms. The van der Waals surface area contributed by atoms with Crippen LogP contribution >= 0.6 is 11.6 Å². The van der Waals surface area contributed by atoms with E-state index < -0.39 is 0 Å². The lowest BCUT2D eigenvalue weighted by Crippen LogP contribution is -2.22. The van der Waals surface area contributed by atoms with Gasteiger partial charge in [-0.05, 0) is 30.7 Å². The summed E-state index contributed by atoms with van der Waals surface area (Å²) in [5, 5.41) is 3.98. The number of hydrogen-bond acceptors (Lipinski definition) is 3. The van der Waals surface area contributed by atoms with E-state index in [0.717, 1.165) is 23.4 Å². The van der Waals surface area contributed by atoms with Crippen LogP contribution < -0.4 is 10.1 Å². The second kappa shape index (κ2) is 6.82. The van der Waals surface area contributed by atoms with E-state index >= 15 is 0 Å². The molecule has 0 bridgehead atoms. The third-order valence-electron chi connectivity index (χ3n) is 2.98. The van der Waals surface area contributed by atoms with Crippen molar-refractivity contribution in [1.82, 2.24) is 5.32 Å². The molecule has 0 amide bonds. The lowest BCUT2D eigenvalue weighted by Gasteiger charge is -2.10. The molecule has 3 nitrogen and oxygen atoms in total. The van der Waals surface area contributed by atoms with E-state index in [1.165, 1.54) is 0 Å². The maximum atomic E-state index is 6.11. The summed E-state index contributed by atoms with van der Waals surface area (Å²) < 4.78 is 11.2. The maximum Gasteiger partial charge on any atom is 0.146 e. The first kappa shape index (κ1) is 14.9. The summed E-state index contributed by atoms with van der Waals surface area (Å²) in [5.41, 5.74) is 2.23. The molecule has 0 saturated carbocycles. The number of hydrogen-bond donors (Lipinski definition) is 1. The normalized spacial score (nSPS) is 11.1. The van der Waals surface area contributed by atoms with E-state index in [1.54, 1.807) is 6.26 Å². The Balaban J connectivity index is 2.00. The molecule has 0 saturated heterocycles. The summed E-state index contributed by atoms with van der Waals surface area (Å²) >= 11 is 6.11. The summed E-state index contributed by atoms with van der Waals surface area (Å²) in [5.74, 6) is 1.52. The number of furan rings is 1. The first-order valence-corrected chi connectivity index (χ1v) is 7.11. The highest BCUT2D eigenvalue weighted by molar-refractivity contribution is 6.32. The zero-order chi connectivity index (χ0) is 14.5. The minimum Gasteiger partial charge on any atom is -0.484 e. The van der Waals surface area contributed by atoms with Crippen LogP contribution in [0.4, 0.5) is 0 Å². The average molecular weight is 294 g/mol. The molecule has 0 spiro atoms. The number of benzene rings is 1. The average Bonchev–Trinajstić information content (AvgIpc) is 2.85. The van der Waals surface area contributed by atoms with Gasteiger partial charge in [0.05, 0.1) is 11.3 Å². The Morgan fingerprint density at radius 1 is 1.30 bits per heavy atom. The fourth-order valence-electron chi connectivity index (χ4n) is 1.83. The van der Waals surface area contributed by atoms with Crippen molar-refractivity contribution < 1.29 is 9.15 Å². The van der Waals surface area contributed by atoms with Gasteiger partial charge in [-0.25, -0.2) is 0 Å². The third kappa shape index (κ3) is 4.02. The van der Waals surface area contributed by atoms with Gasteiger partial charge in [0.25, 0.3) is 0 Å². The van der Waals surface area contributed by atoms with Gasteiger partial charge in [-0.2, -0.15) is 0 Å². The Morgan fingerprint density at radius 2 is 2.10 bits per heavy atom. The lowest BCUT2D eigenvalue weighted by atomic mass is 10.2. The molecule has 0 fully saturated rings. The minimum atomic E-state index is 0.380. The highest BCUT2D eigenvalue weighted by Gasteiger charge is 2.09. The van der Waals surface area contributed by atoms with Crippen molar-refractivity contribution in [3.8, 4) is 5.75 Å². The van der Waals surface area contributed by atoms with Gasteiger partial charge in [0.15, 0.2) is 0 Å². The monoisotopic (exact) mass is 293 g/mol. The number of aryl methyl sites for hydroxylation is 1. The van der Waals surface area contributed by atoms with Gasteiger partial charge in [-0.3, -0.25) is 0 Å². The van der Waals surface area contributed by atoms with Crippen molar-refractivity contribution in [3.05, 3.63) is 52.4 Å². The molecule has 1 aromatic heterocycles. The smallest absolute Gasteiger partial charge is 0.146 e. The molecule has 2 rings (SSSR count). The SMILES string of the molecule is Cc1ccc(Cl)c(OCc2occc2CNC(C)C)c1. The highest BCUT2D eigenvalue weighted by Crippen LogP contribution is 2.26. The van der Waals surface area contributed by atoms with E-state index in [9.17, 15) is 0 Å². The zero-order valence-corrected chi connectivity index (χ0v) is 12.8. The van der Waals surface area contributed by atoms with Crippen LogP contribution in [0.15, 0.2) is 34.9 Å². The molecule has 4 heteroatoms. The largest absolute Gasteiger partial charge is 0.484 e. The van der Waals surface area contributed by atoms with Gasteiger partial charge < -0.3 is 14.5 Å². The number of ether oxygens (including phenoxy) is 1. The second-order valence-electron chi connectivity index (χ2n) is 5.13. The summed E-state index contributed by atoms with van der Waals surface area (Å²) in [6.45, 7) is 7.39. The molecule has 0 aliphatic heterocycles. The number of rotatable bonds is 6. The molecule has 1 heterocycles. The minimum absolute atomic E-state index is 0.380. The molecule has 0 atom stereocenters. The van der Waals surface area contributed by atoms with Crippen molar-refractivity contribution in [3.63, 3.8) is 0 Å². The van der Waals surface area contributed by atoms with Crippen LogP contribution in [0.3, 0.4) is 0 Å². The molecule has 1 N–H and O–H groups in total. The van der Waals surface area contributed by atoms with Crippen LogP contribution in [0.5, 0.6) is 5.75 Å². The van der Waals surface area contributed by atoms with E-state index in [2.05, 4.69) is 19.2 Å². The maximum absolute atomic E-state index is 6.11. The third-order valence-corrected chi connectivity index (χ3v) is 3.30.